The number of rotatable bonds is 0. The molecule has 1 aliphatic rings. The molecule has 0 aromatic heterocycles. The maximum absolute atomic E-state index is 9.05. The van der Waals surface area contributed by atoms with Gasteiger partial charge >= 0.3 is 0 Å². The largest absolute Gasteiger partial charge is 0.386 e. The number of aliphatic hydroxyl groups is 2. The van der Waals surface area contributed by atoms with Gasteiger partial charge in [0.1, 0.15) is 12.2 Å². The Morgan fingerprint density at radius 1 is 1.50 bits per heavy atom. The topological polar surface area (TPSA) is 64.2 Å². The summed E-state index contributed by atoms with van der Waals surface area (Å²) < 4.78 is 0. The zero-order valence-corrected chi connectivity index (χ0v) is 5.23. The van der Waals surface area contributed by atoms with Crippen LogP contribution < -0.4 is 0 Å². The number of nitrogens with zero attached hydrogens (tertiary/aromatic N) is 1. The van der Waals surface area contributed by atoms with Crippen LogP contribution in [0.5, 0.6) is 0 Å². The maximum Gasteiger partial charge on any atom is 0.118 e. The number of hydrogen-bond acceptors (Lipinski definition) is 3. The Hall–Kier alpha value is -1.11. The molecule has 0 bridgehead atoms. The molecule has 3 nitrogen and oxygen atoms in total. The fourth-order valence-electron chi connectivity index (χ4n) is 0.764. The molecule has 0 spiro atoms. The fourth-order valence-corrected chi connectivity index (χ4v) is 0.764. The summed E-state index contributed by atoms with van der Waals surface area (Å²) in [5.41, 5.74) is 0.204. The van der Waals surface area contributed by atoms with Crippen molar-refractivity contribution in [1.82, 2.24) is 0 Å². The maximum atomic E-state index is 9.05. The van der Waals surface area contributed by atoms with E-state index in [0.29, 0.717) is 0 Å². The Morgan fingerprint density at radius 3 is 2.70 bits per heavy atom. The lowest BCUT2D eigenvalue weighted by atomic mass is 10.0. The Bertz CT molecular complexity index is 224. The Morgan fingerprint density at radius 2 is 2.20 bits per heavy atom. The van der Waals surface area contributed by atoms with E-state index in [1.54, 1.807) is 12.1 Å². The molecule has 2 N–H and O–H groups in total. The van der Waals surface area contributed by atoms with Gasteiger partial charge in [-0.05, 0) is 6.08 Å². The zero-order valence-electron chi connectivity index (χ0n) is 5.23. The van der Waals surface area contributed by atoms with Crippen molar-refractivity contribution in [1.29, 1.82) is 5.26 Å². The van der Waals surface area contributed by atoms with E-state index < -0.39 is 12.2 Å². The molecule has 3 heteroatoms. The van der Waals surface area contributed by atoms with E-state index in [-0.39, 0.29) is 5.57 Å². The van der Waals surface area contributed by atoms with Gasteiger partial charge in [0.25, 0.3) is 0 Å². The number of nitriles is 1. The monoisotopic (exact) mass is 137 g/mol. The van der Waals surface area contributed by atoms with Crippen molar-refractivity contribution in [3.8, 4) is 6.07 Å². The lowest BCUT2D eigenvalue weighted by Gasteiger charge is -2.15. The van der Waals surface area contributed by atoms with Crippen molar-refractivity contribution in [2.75, 3.05) is 0 Å². The van der Waals surface area contributed by atoms with Gasteiger partial charge in [-0.2, -0.15) is 5.26 Å². The minimum atomic E-state index is -1.05. The first-order chi connectivity index (χ1) is 4.75. The summed E-state index contributed by atoms with van der Waals surface area (Å²) in [4.78, 5) is 0. The van der Waals surface area contributed by atoms with Crippen molar-refractivity contribution >= 4 is 0 Å². The zero-order chi connectivity index (χ0) is 7.56. The van der Waals surface area contributed by atoms with Gasteiger partial charge in [-0.25, -0.2) is 0 Å². The minimum Gasteiger partial charge on any atom is -0.386 e. The van der Waals surface area contributed by atoms with Crippen LogP contribution in [0.1, 0.15) is 0 Å². The van der Waals surface area contributed by atoms with Crippen molar-refractivity contribution < 1.29 is 10.2 Å². The SMILES string of the molecule is N#CC1=CC=C[C@@H](O)[C@H]1O. The van der Waals surface area contributed by atoms with E-state index in [0.717, 1.165) is 0 Å². The van der Waals surface area contributed by atoms with Crippen molar-refractivity contribution in [3.05, 3.63) is 23.8 Å². The molecule has 1 rings (SSSR count). The van der Waals surface area contributed by atoms with Gasteiger partial charge in [-0.3, -0.25) is 0 Å². The van der Waals surface area contributed by atoms with Gasteiger partial charge in [0.15, 0.2) is 0 Å². The summed E-state index contributed by atoms with van der Waals surface area (Å²) in [6.45, 7) is 0. The van der Waals surface area contributed by atoms with Crippen molar-refractivity contribution in [2.45, 2.75) is 12.2 Å². The first kappa shape index (κ1) is 7.00. The van der Waals surface area contributed by atoms with Gasteiger partial charge in [-0.1, -0.05) is 12.2 Å². The smallest absolute Gasteiger partial charge is 0.118 e. The second-order valence-electron chi connectivity index (χ2n) is 2.05. The van der Waals surface area contributed by atoms with E-state index in [4.69, 9.17) is 15.5 Å². The molecular weight excluding hydrogens is 130 g/mol. The lowest BCUT2D eigenvalue weighted by molar-refractivity contribution is 0.0744. The third-order valence-corrected chi connectivity index (χ3v) is 1.36. The van der Waals surface area contributed by atoms with Gasteiger partial charge in [0.05, 0.1) is 11.6 Å². The first-order valence-corrected chi connectivity index (χ1v) is 2.90. The van der Waals surface area contributed by atoms with Crippen LogP contribution >= 0.6 is 0 Å². The number of allylic oxidation sites excluding steroid dienone is 2. The molecule has 0 aromatic carbocycles. The molecule has 0 fully saturated rings. The van der Waals surface area contributed by atoms with E-state index in [1.165, 1.54) is 12.2 Å². The molecule has 0 saturated carbocycles. The van der Waals surface area contributed by atoms with E-state index >= 15 is 0 Å². The van der Waals surface area contributed by atoms with E-state index in [9.17, 15) is 0 Å². The second-order valence-corrected chi connectivity index (χ2v) is 2.05. The fraction of sp³-hybridized carbons (Fsp3) is 0.286. The van der Waals surface area contributed by atoms with Gasteiger partial charge < -0.3 is 10.2 Å². The summed E-state index contributed by atoms with van der Waals surface area (Å²) in [7, 11) is 0. The summed E-state index contributed by atoms with van der Waals surface area (Å²) in [5, 5.41) is 26.4. The highest BCUT2D eigenvalue weighted by atomic mass is 16.3. The van der Waals surface area contributed by atoms with Gasteiger partial charge in [0, 0.05) is 0 Å². The molecule has 0 amide bonds. The minimum absolute atomic E-state index is 0.204. The quantitative estimate of drug-likeness (QED) is 0.483. The van der Waals surface area contributed by atoms with Crippen LogP contribution in [-0.2, 0) is 0 Å². The van der Waals surface area contributed by atoms with Crippen molar-refractivity contribution in [3.63, 3.8) is 0 Å². The highest BCUT2D eigenvalue weighted by Crippen LogP contribution is 2.11. The van der Waals surface area contributed by atoms with Crippen LogP contribution in [0.3, 0.4) is 0 Å². The highest BCUT2D eigenvalue weighted by Gasteiger charge is 2.19. The molecular formula is C7H7NO2. The molecule has 0 saturated heterocycles. The average molecular weight is 137 g/mol. The molecule has 0 aliphatic heterocycles. The molecule has 1 aliphatic carbocycles. The second kappa shape index (κ2) is 2.65. The molecule has 0 radical (unpaired) electrons. The molecule has 2 atom stereocenters. The predicted molar refractivity (Wildman–Crippen MR) is 34.8 cm³/mol. The van der Waals surface area contributed by atoms with Crippen LogP contribution in [0.25, 0.3) is 0 Å². The molecule has 0 heterocycles. The summed E-state index contributed by atoms with van der Waals surface area (Å²) in [5.74, 6) is 0. The number of aliphatic hydroxyl groups excluding tert-OH is 2. The predicted octanol–water partition coefficient (Wildman–Crippen LogP) is -0.272. The first-order valence-electron chi connectivity index (χ1n) is 2.90. The van der Waals surface area contributed by atoms with Crippen LogP contribution in [0, 0.1) is 11.3 Å². The van der Waals surface area contributed by atoms with Gasteiger partial charge in [-0.15, -0.1) is 0 Å². The van der Waals surface area contributed by atoms with E-state index in [1.807, 2.05) is 0 Å². The highest BCUT2D eigenvalue weighted by molar-refractivity contribution is 5.35. The third-order valence-electron chi connectivity index (χ3n) is 1.36. The Labute approximate surface area is 58.5 Å². The molecule has 0 aromatic rings. The third kappa shape index (κ3) is 1.08. The van der Waals surface area contributed by atoms with Gasteiger partial charge in [0.2, 0.25) is 0 Å². The van der Waals surface area contributed by atoms with Crippen LogP contribution in [0.2, 0.25) is 0 Å². The molecule has 0 unspecified atom stereocenters. The summed E-state index contributed by atoms with van der Waals surface area (Å²) in [6.07, 6.45) is 2.49. The lowest BCUT2D eigenvalue weighted by Crippen LogP contribution is -2.27. The summed E-state index contributed by atoms with van der Waals surface area (Å²) >= 11 is 0. The number of hydrogen-bond donors (Lipinski definition) is 2. The standard InChI is InChI=1S/C7H7NO2/c8-4-5-2-1-3-6(9)7(5)10/h1-3,6-7,9-10H/t6-,7+/m1/s1. The van der Waals surface area contributed by atoms with Crippen LogP contribution in [0.15, 0.2) is 23.8 Å². The Balaban J connectivity index is 2.84. The van der Waals surface area contributed by atoms with E-state index in [2.05, 4.69) is 0 Å². The van der Waals surface area contributed by atoms with Crippen LogP contribution in [-0.4, -0.2) is 22.4 Å². The van der Waals surface area contributed by atoms with Crippen molar-refractivity contribution in [2.24, 2.45) is 0 Å². The van der Waals surface area contributed by atoms with Crippen LogP contribution in [0.4, 0.5) is 0 Å². The average Bonchev–Trinajstić information content (AvgIpc) is 1.95. The normalized spacial score (nSPS) is 31.1. The summed E-state index contributed by atoms with van der Waals surface area (Å²) in [6, 6.07) is 1.78. The molecule has 10 heavy (non-hydrogen) atoms. The Kier molecular flexibility index (Phi) is 1.86. The molecule has 52 valence electrons.